The quantitative estimate of drug-likeness (QED) is 0.636. The number of esters is 1. The van der Waals surface area contributed by atoms with Crippen LogP contribution in [-0.4, -0.2) is 42.8 Å². The molecule has 1 heterocycles. The zero-order valence-electron chi connectivity index (χ0n) is 14.1. The summed E-state index contributed by atoms with van der Waals surface area (Å²) in [6, 6.07) is 6.88. The normalized spacial score (nSPS) is 19.1. The first kappa shape index (κ1) is 18.7. The van der Waals surface area contributed by atoms with Crippen molar-refractivity contribution in [1.82, 2.24) is 10.2 Å². The van der Waals surface area contributed by atoms with Gasteiger partial charge in [-0.25, -0.2) is 4.79 Å². The summed E-state index contributed by atoms with van der Waals surface area (Å²) >= 11 is 11.8. The number of halogens is 1. The molecule has 0 bridgehead atoms. The van der Waals surface area contributed by atoms with Gasteiger partial charge in [0.2, 0.25) is 0 Å². The van der Waals surface area contributed by atoms with Gasteiger partial charge in [0.05, 0.1) is 31.4 Å². The minimum absolute atomic E-state index is 0.0261. The number of hydrogen-bond acceptors (Lipinski definition) is 4. The molecule has 1 N–H and O–H groups in total. The van der Waals surface area contributed by atoms with E-state index in [-0.39, 0.29) is 6.04 Å². The largest absolute Gasteiger partial charge is 0.466 e. The molecule has 1 aromatic rings. The van der Waals surface area contributed by atoms with E-state index in [1.807, 2.05) is 36.9 Å². The predicted molar refractivity (Wildman–Crippen MR) is 97.8 cm³/mol. The molecule has 24 heavy (non-hydrogen) atoms. The topological polar surface area (TPSA) is 50.8 Å². The molecule has 1 aromatic carbocycles. The second-order valence-corrected chi connectivity index (χ2v) is 6.36. The molecular weight excluding hydrogens is 348 g/mol. The molecule has 2 rings (SSSR count). The van der Waals surface area contributed by atoms with Crippen LogP contribution in [0.2, 0.25) is 5.02 Å². The number of carbonyl (C=O) groups is 1. The number of nitrogens with one attached hydrogen (secondary N) is 1. The van der Waals surface area contributed by atoms with Gasteiger partial charge in [-0.1, -0.05) is 29.8 Å². The van der Waals surface area contributed by atoms with Crippen LogP contribution in [0, 0.1) is 0 Å². The summed E-state index contributed by atoms with van der Waals surface area (Å²) < 4.78 is 10.2. The number of thiocarbonyl (C=S) groups is 1. The highest BCUT2D eigenvalue weighted by molar-refractivity contribution is 7.80. The lowest BCUT2D eigenvalue weighted by Crippen LogP contribution is -2.52. The fourth-order valence-corrected chi connectivity index (χ4v) is 3.60. The Morgan fingerprint density at radius 3 is 2.67 bits per heavy atom. The van der Waals surface area contributed by atoms with E-state index in [9.17, 15) is 4.79 Å². The fraction of sp³-hybridized carbons (Fsp3) is 0.412. The maximum atomic E-state index is 12.4. The number of carbonyl (C=O) groups excluding carboxylic acids is 1. The third-order valence-electron chi connectivity index (χ3n) is 4.00. The molecule has 1 aliphatic heterocycles. The Bertz CT molecular complexity index is 678. The van der Waals surface area contributed by atoms with Crippen molar-refractivity contribution in [2.45, 2.75) is 25.9 Å². The molecule has 0 spiro atoms. The molecule has 0 aromatic heterocycles. The lowest BCUT2D eigenvalue weighted by atomic mass is 9.94. The first-order valence-electron chi connectivity index (χ1n) is 7.54. The first-order chi connectivity index (χ1) is 11.4. The lowest BCUT2D eigenvalue weighted by Gasteiger charge is -2.40. The smallest absolute Gasteiger partial charge is 0.337 e. The van der Waals surface area contributed by atoms with E-state index in [1.54, 1.807) is 13.2 Å². The van der Waals surface area contributed by atoms with Crippen LogP contribution in [0.1, 0.15) is 25.5 Å². The fourth-order valence-electron chi connectivity index (χ4n) is 2.92. The number of methoxy groups -OCH3 is 2. The molecule has 0 radical (unpaired) electrons. The number of allylic oxidation sites excluding steroid dienone is 1. The molecule has 0 saturated carbocycles. The van der Waals surface area contributed by atoms with Crippen LogP contribution in [0.25, 0.3) is 0 Å². The minimum atomic E-state index is -0.454. The molecule has 0 unspecified atom stereocenters. The molecule has 2 atom stereocenters. The summed E-state index contributed by atoms with van der Waals surface area (Å²) in [6.07, 6.45) is 0. The van der Waals surface area contributed by atoms with Crippen LogP contribution >= 0.6 is 23.8 Å². The van der Waals surface area contributed by atoms with Gasteiger partial charge in [-0.05, 0) is 37.7 Å². The number of nitrogens with zero attached hydrogens (tertiary/aromatic N) is 1. The number of rotatable bonds is 5. The highest BCUT2D eigenvalue weighted by Crippen LogP contribution is 2.35. The molecule has 1 aliphatic rings. The van der Waals surface area contributed by atoms with Crippen LogP contribution in [-0.2, 0) is 14.3 Å². The summed E-state index contributed by atoms with van der Waals surface area (Å²) in [5.41, 5.74) is 2.00. The van der Waals surface area contributed by atoms with Crippen molar-refractivity contribution in [2.24, 2.45) is 0 Å². The van der Waals surface area contributed by atoms with Crippen molar-refractivity contribution >= 4 is 34.9 Å². The third kappa shape index (κ3) is 3.55. The molecule has 7 heteroatoms. The van der Waals surface area contributed by atoms with E-state index in [4.69, 9.17) is 33.3 Å². The Hall–Kier alpha value is -1.63. The van der Waals surface area contributed by atoms with Gasteiger partial charge < -0.3 is 19.7 Å². The van der Waals surface area contributed by atoms with Crippen LogP contribution in [0.15, 0.2) is 35.5 Å². The third-order valence-corrected chi connectivity index (χ3v) is 4.66. The van der Waals surface area contributed by atoms with Crippen LogP contribution in [0.4, 0.5) is 0 Å². The Balaban J connectivity index is 2.56. The van der Waals surface area contributed by atoms with Crippen molar-refractivity contribution in [3.63, 3.8) is 0 Å². The summed E-state index contributed by atoms with van der Waals surface area (Å²) in [4.78, 5) is 14.3. The summed E-state index contributed by atoms with van der Waals surface area (Å²) in [6.45, 7) is 4.31. The molecule has 0 aliphatic carbocycles. The Kier molecular flexibility index (Phi) is 6.21. The van der Waals surface area contributed by atoms with Crippen molar-refractivity contribution in [3.05, 3.63) is 46.1 Å². The van der Waals surface area contributed by atoms with Crippen molar-refractivity contribution < 1.29 is 14.3 Å². The van der Waals surface area contributed by atoms with E-state index in [2.05, 4.69) is 5.32 Å². The number of ether oxygens (including phenoxy) is 2. The van der Waals surface area contributed by atoms with E-state index < -0.39 is 12.0 Å². The van der Waals surface area contributed by atoms with Gasteiger partial charge in [-0.2, -0.15) is 0 Å². The predicted octanol–water partition coefficient (Wildman–Crippen LogP) is 3.05. The van der Waals surface area contributed by atoms with Gasteiger partial charge in [-0.3, -0.25) is 0 Å². The number of benzene rings is 1. The Morgan fingerprint density at radius 2 is 2.08 bits per heavy atom. The lowest BCUT2D eigenvalue weighted by molar-refractivity contribution is -0.136. The Labute approximate surface area is 152 Å². The highest BCUT2D eigenvalue weighted by Gasteiger charge is 2.36. The summed E-state index contributed by atoms with van der Waals surface area (Å²) in [7, 11) is 2.99. The van der Waals surface area contributed by atoms with Crippen molar-refractivity contribution in [2.75, 3.05) is 20.8 Å². The van der Waals surface area contributed by atoms with Crippen molar-refractivity contribution in [1.29, 1.82) is 0 Å². The van der Waals surface area contributed by atoms with E-state index in [0.717, 1.165) is 11.3 Å². The molecule has 0 saturated heterocycles. The Morgan fingerprint density at radius 1 is 1.42 bits per heavy atom. The monoisotopic (exact) mass is 368 g/mol. The van der Waals surface area contributed by atoms with Crippen LogP contribution < -0.4 is 5.32 Å². The SMILES string of the molecule is COC[C@@H](C)N1C(=S)N[C@H](c2ccccc2Cl)C(C(=O)OC)=C1C. The second kappa shape index (κ2) is 7.96. The molecule has 0 fully saturated rings. The van der Waals surface area contributed by atoms with Crippen LogP contribution in [0.3, 0.4) is 0 Å². The zero-order valence-corrected chi connectivity index (χ0v) is 15.7. The van der Waals surface area contributed by atoms with E-state index in [0.29, 0.717) is 22.3 Å². The van der Waals surface area contributed by atoms with Gasteiger partial charge in [0.1, 0.15) is 0 Å². The maximum absolute atomic E-state index is 12.4. The summed E-state index contributed by atoms with van der Waals surface area (Å²) in [5, 5.41) is 4.30. The average Bonchev–Trinajstić information content (AvgIpc) is 2.54. The average molecular weight is 369 g/mol. The van der Waals surface area contributed by atoms with E-state index in [1.165, 1.54) is 7.11 Å². The zero-order chi connectivity index (χ0) is 17.9. The molecule has 0 amide bonds. The maximum Gasteiger partial charge on any atom is 0.337 e. The molecular formula is C17H21ClN2O3S. The summed E-state index contributed by atoms with van der Waals surface area (Å²) in [5.74, 6) is -0.415. The van der Waals surface area contributed by atoms with Crippen molar-refractivity contribution in [3.8, 4) is 0 Å². The van der Waals surface area contributed by atoms with Gasteiger partial charge in [0.15, 0.2) is 5.11 Å². The van der Waals surface area contributed by atoms with Gasteiger partial charge in [0, 0.05) is 17.8 Å². The van der Waals surface area contributed by atoms with Gasteiger partial charge in [-0.15, -0.1) is 0 Å². The van der Waals surface area contributed by atoms with E-state index >= 15 is 0 Å². The van der Waals surface area contributed by atoms with Gasteiger partial charge in [0.25, 0.3) is 0 Å². The van der Waals surface area contributed by atoms with Crippen LogP contribution in [0.5, 0.6) is 0 Å². The van der Waals surface area contributed by atoms with Gasteiger partial charge >= 0.3 is 5.97 Å². The highest BCUT2D eigenvalue weighted by atomic mass is 35.5. The first-order valence-corrected chi connectivity index (χ1v) is 8.33. The molecule has 130 valence electrons. The second-order valence-electron chi connectivity index (χ2n) is 5.57. The standard InChI is InChI=1S/C17H21ClN2O3S/c1-10(9-22-3)20-11(2)14(16(21)23-4)15(19-17(20)24)12-7-5-6-8-13(12)18/h5-8,10,15H,9H2,1-4H3,(H,19,24)/t10-,15-/m1/s1. The minimum Gasteiger partial charge on any atom is -0.466 e. The molecule has 5 nitrogen and oxygen atoms in total. The number of hydrogen-bond donors (Lipinski definition) is 1.